The summed E-state index contributed by atoms with van der Waals surface area (Å²) in [4.78, 5) is 12.9. The van der Waals surface area contributed by atoms with Crippen LogP contribution in [0.15, 0.2) is 54.6 Å². The Kier molecular flexibility index (Phi) is 5.40. The molecular weight excluding hydrogens is 354 g/mol. The minimum Gasteiger partial charge on any atom is -0.497 e. The van der Waals surface area contributed by atoms with Crippen LogP contribution in [-0.2, 0) is 0 Å². The zero-order valence-electron chi connectivity index (χ0n) is 16.8. The third kappa shape index (κ3) is 4.34. The normalized spacial score (nSPS) is 11.2. The second-order valence-corrected chi connectivity index (χ2v) is 7.46. The standard InChI is InChI=1S/C22H25N3O3/c1-22(2,3)23-21(26)20-14-19(15-7-6-8-18(13-15)28-5)24-25(20)16-9-11-17(27-4)12-10-16/h6-14H,1-5H3,(H,23,26). The molecule has 146 valence electrons. The van der Waals surface area contributed by atoms with Crippen molar-refractivity contribution >= 4 is 5.91 Å². The molecule has 0 aliphatic carbocycles. The first-order valence-corrected chi connectivity index (χ1v) is 9.02. The smallest absolute Gasteiger partial charge is 0.270 e. The minimum absolute atomic E-state index is 0.190. The molecule has 0 spiro atoms. The van der Waals surface area contributed by atoms with Gasteiger partial charge in [0.15, 0.2) is 0 Å². The minimum atomic E-state index is -0.359. The molecule has 0 fully saturated rings. The van der Waals surface area contributed by atoms with Crippen LogP contribution in [0.25, 0.3) is 16.9 Å². The molecule has 6 nitrogen and oxygen atoms in total. The lowest BCUT2D eigenvalue weighted by atomic mass is 10.1. The van der Waals surface area contributed by atoms with Crippen molar-refractivity contribution in [2.24, 2.45) is 0 Å². The first-order valence-electron chi connectivity index (χ1n) is 9.02. The van der Waals surface area contributed by atoms with Crippen molar-refractivity contribution in [3.8, 4) is 28.4 Å². The molecule has 0 saturated carbocycles. The maximum absolute atomic E-state index is 12.9. The number of methoxy groups -OCH3 is 2. The van der Waals surface area contributed by atoms with E-state index >= 15 is 0 Å². The zero-order valence-corrected chi connectivity index (χ0v) is 16.8. The van der Waals surface area contributed by atoms with Gasteiger partial charge >= 0.3 is 0 Å². The van der Waals surface area contributed by atoms with E-state index in [1.54, 1.807) is 25.0 Å². The summed E-state index contributed by atoms with van der Waals surface area (Å²) in [5.41, 5.74) is 2.43. The summed E-state index contributed by atoms with van der Waals surface area (Å²) < 4.78 is 12.2. The molecule has 0 bridgehead atoms. The van der Waals surface area contributed by atoms with E-state index in [2.05, 4.69) is 5.32 Å². The van der Waals surface area contributed by atoms with Gasteiger partial charge in [0.05, 0.1) is 25.6 Å². The highest BCUT2D eigenvalue weighted by molar-refractivity contribution is 5.94. The molecule has 1 amide bonds. The Morgan fingerprint density at radius 3 is 2.25 bits per heavy atom. The number of rotatable bonds is 5. The van der Waals surface area contributed by atoms with E-state index < -0.39 is 0 Å². The Morgan fingerprint density at radius 1 is 0.964 bits per heavy atom. The van der Waals surface area contributed by atoms with Gasteiger partial charge in [-0.2, -0.15) is 5.10 Å². The molecule has 0 saturated heterocycles. The van der Waals surface area contributed by atoms with Crippen LogP contribution in [0.2, 0.25) is 0 Å². The number of hydrogen-bond acceptors (Lipinski definition) is 4. The summed E-state index contributed by atoms with van der Waals surface area (Å²) >= 11 is 0. The van der Waals surface area contributed by atoms with Crippen molar-refractivity contribution in [1.82, 2.24) is 15.1 Å². The predicted octanol–water partition coefficient (Wildman–Crippen LogP) is 4.08. The van der Waals surface area contributed by atoms with Crippen molar-refractivity contribution < 1.29 is 14.3 Å². The van der Waals surface area contributed by atoms with Crippen LogP contribution in [0.1, 0.15) is 31.3 Å². The Balaban J connectivity index is 2.09. The maximum atomic E-state index is 12.9. The fourth-order valence-corrected chi connectivity index (χ4v) is 2.79. The lowest BCUT2D eigenvalue weighted by Gasteiger charge is -2.20. The van der Waals surface area contributed by atoms with Gasteiger partial charge in [0.25, 0.3) is 5.91 Å². The van der Waals surface area contributed by atoms with Crippen LogP contribution in [0.4, 0.5) is 0 Å². The maximum Gasteiger partial charge on any atom is 0.270 e. The number of nitrogens with one attached hydrogen (secondary N) is 1. The largest absolute Gasteiger partial charge is 0.497 e. The fraction of sp³-hybridized carbons (Fsp3) is 0.273. The van der Waals surface area contributed by atoms with Gasteiger partial charge in [-0.1, -0.05) is 12.1 Å². The summed E-state index contributed by atoms with van der Waals surface area (Å²) in [5.74, 6) is 1.28. The molecule has 6 heteroatoms. The Morgan fingerprint density at radius 2 is 1.64 bits per heavy atom. The number of aromatic nitrogens is 2. The Hall–Kier alpha value is -3.28. The molecule has 28 heavy (non-hydrogen) atoms. The Bertz CT molecular complexity index is 969. The topological polar surface area (TPSA) is 65.4 Å². The second kappa shape index (κ2) is 7.76. The predicted molar refractivity (Wildman–Crippen MR) is 109 cm³/mol. The average molecular weight is 379 g/mol. The van der Waals surface area contributed by atoms with Crippen molar-refractivity contribution in [2.75, 3.05) is 14.2 Å². The number of benzene rings is 2. The van der Waals surface area contributed by atoms with Gasteiger partial charge in [-0.15, -0.1) is 0 Å². The van der Waals surface area contributed by atoms with Crippen LogP contribution < -0.4 is 14.8 Å². The zero-order chi connectivity index (χ0) is 20.3. The van der Waals surface area contributed by atoms with E-state index in [9.17, 15) is 4.79 Å². The highest BCUT2D eigenvalue weighted by Crippen LogP contribution is 2.26. The van der Waals surface area contributed by atoms with Crippen molar-refractivity contribution in [3.05, 3.63) is 60.3 Å². The molecule has 0 atom stereocenters. The monoisotopic (exact) mass is 379 g/mol. The van der Waals surface area contributed by atoms with Gasteiger partial charge in [0.2, 0.25) is 0 Å². The molecule has 1 heterocycles. The van der Waals surface area contributed by atoms with E-state index in [1.165, 1.54) is 0 Å². The molecule has 0 aliphatic rings. The quantitative estimate of drug-likeness (QED) is 0.725. The number of carbonyl (C=O) groups is 1. The molecule has 0 unspecified atom stereocenters. The van der Waals surface area contributed by atoms with Gasteiger partial charge in [0.1, 0.15) is 17.2 Å². The third-order valence-corrected chi connectivity index (χ3v) is 4.11. The summed E-state index contributed by atoms with van der Waals surface area (Å²) in [6.45, 7) is 5.84. The first-order chi connectivity index (χ1) is 13.3. The van der Waals surface area contributed by atoms with E-state index in [0.29, 0.717) is 11.4 Å². The molecule has 1 aromatic heterocycles. The second-order valence-electron chi connectivity index (χ2n) is 7.46. The molecule has 0 radical (unpaired) electrons. The van der Waals surface area contributed by atoms with Crippen molar-refractivity contribution in [3.63, 3.8) is 0 Å². The fourth-order valence-electron chi connectivity index (χ4n) is 2.79. The summed E-state index contributed by atoms with van der Waals surface area (Å²) in [6, 6.07) is 16.8. The SMILES string of the molecule is COc1ccc(-n2nc(-c3cccc(OC)c3)cc2C(=O)NC(C)(C)C)cc1. The molecule has 3 rings (SSSR count). The van der Waals surface area contributed by atoms with Crippen molar-refractivity contribution in [1.29, 1.82) is 0 Å². The van der Waals surface area contributed by atoms with E-state index in [-0.39, 0.29) is 11.4 Å². The Labute approximate surface area is 165 Å². The van der Waals surface area contributed by atoms with Gasteiger partial charge in [-0.25, -0.2) is 4.68 Å². The molecule has 0 aliphatic heterocycles. The summed E-state index contributed by atoms with van der Waals surface area (Å²) in [7, 11) is 3.24. The third-order valence-electron chi connectivity index (χ3n) is 4.11. The number of nitrogens with zero attached hydrogens (tertiary/aromatic N) is 2. The highest BCUT2D eigenvalue weighted by Gasteiger charge is 2.22. The molecule has 3 aromatic rings. The number of amides is 1. The number of hydrogen-bond donors (Lipinski definition) is 1. The van der Waals surface area contributed by atoms with E-state index in [0.717, 1.165) is 22.7 Å². The molecular formula is C22H25N3O3. The number of carbonyl (C=O) groups excluding carboxylic acids is 1. The van der Waals surface area contributed by atoms with E-state index in [1.807, 2.05) is 69.3 Å². The van der Waals surface area contributed by atoms with Gasteiger partial charge in [0, 0.05) is 11.1 Å². The number of ether oxygens (including phenoxy) is 2. The first kappa shape index (κ1) is 19.5. The van der Waals surface area contributed by atoms with Crippen LogP contribution >= 0.6 is 0 Å². The highest BCUT2D eigenvalue weighted by atomic mass is 16.5. The lowest BCUT2D eigenvalue weighted by Crippen LogP contribution is -2.41. The van der Waals surface area contributed by atoms with Crippen LogP contribution in [0.5, 0.6) is 11.5 Å². The van der Waals surface area contributed by atoms with Gasteiger partial charge in [-0.3, -0.25) is 4.79 Å². The average Bonchev–Trinajstić information content (AvgIpc) is 3.12. The van der Waals surface area contributed by atoms with Crippen LogP contribution in [0, 0.1) is 0 Å². The lowest BCUT2D eigenvalue weighted by molar-refractivity contribution is 0.0911. The van der Waals surface area contributed by atoms with Gasteiger partial charge < -0.3 is 14.8 Å². The van der Waals surface area contributed by atoms with Crippen LogP contribution in [-0.4, -0.2) is 35.4 Å². The van der Waals surface area contributed by atoms with Crippen LogP contribution in [0.3, 0.4) is 0 Å². The van der Waals surface area contributed by atoms with E-state index in [4.69, 9.17) is 14.6 Å². The molecule has 1 N–H and O–H groups in total. The van der Waals surface area contributed by atoms with Crippen molar-refractivity contribution in [2.45, 2.75) is 26.3 Å². The van der Waals surface area contributed by atoms with Gasteiger partial charge in [-0.05, 0) is 63.2 Å². The summed E-state index contributed by atoms with van der Waals surface area (Å²) in [6.07, 6.45) is 0. The summed E-state index contributed by atoms with van der Waals surface area (Å²) in [5, 5.41) is 7.70. The molecule has 2 aromatic carbocycles.